The van der Waals surface area contributed by atoms with Gasteiger partial charge in [0.1, 0.15) is 0 Å². The fourth-order valence-electron chi connectivity index (χ4n) is 1.95. The number of benzene rings is 2. The molecule has 1 unspecified atom stereocenters. The molecule has 2 rings (SSSR count). The molecule has 0 aliphatic rings. The van der Waals surface area contributed by atoms with E-state index in [-0.39, 0.29) is 6.23 Å². The predicted molar refractivity (Wildman–Crippen MR) is 75.8 cm³/mol. The summed E-state index contributed by atoms with van der Waals surface area (Å²) >= 11 is 0. The monoisotopic (exact) mass is 239 g/mol. The fraction of sp³-hybridized carbons (Fsp3) is 0.125. The maximum Gasteiger partial charge on any atom is 0.172 e. The predicted octanol–water partition coefficient (Wildman–Crippen LogP) is 4.33. The van der Waals surface area contributed by atoms with Crippen molar-refractivity contribution in [1.82, 2.24) is 0 Å². The van der Waals surface area contributed by atoms with Crippen LogP contribution >= 0.6 is 0 Å². The fourth-order valence-corrected chi connectivity index (χ4v) is 1.95. The second-order valence-electron chi connectivity index (χ2n) is 3.94. The Bertz CT molecular complexity index is 441. The third-order valence-corrected chi connectivity index (χ3v) is 2.73. The first-order chi connectivity index (χ1) is 8.83. The lowest BCUT2D eigenvalue weighted by atomic mass is 10.2. The first kappa shape index (κ1) is 12.2. The molecule has 0 amide bonds. The number of para-hydroxylation sites is 2. The molecule has 0 spiro atoms. The Labute approximate surface area is 108 Å². The van der Waals surface area contributed by atoms with Crippen molar-refractivity contribution in [2.45, 2.75) is 13.2 Å². The van der Waals surface area contributed by atoms with Gasteiger partial charge in [-0.3, -0.25) is 0 Å². The van der Waals surface area contributed by atoms with Crippen LogP contribution in [0.4, 0.5) is 11.4 Å². The average molecular weight is 239 g/mol. The van der Waals surface area contributed by atoms with Crippen molar-refractivity contribution in [3.8, 4) is 0 Å². The first-order valence-electron chi connectivity index (χ1n) is 5.98. The Balaban J connectivity index is 2.38. The van der Waals surface area contributed by atoms with E-state index < -0.39 is 0 Å². The lowest BCUT2D eigenvalue weighted by Crippen LogP contribution is -2.29. The van der Waals surface area contributed by atoms with Crippen LogP contribution in [0.15, 0.2) is 73.5 Å². The number of ether oxygens (including phenoxy) is 1. The van der Waals surface area contributed by atoms with Crippen LogP contribution in [0.5, 0.6) is 0 Å². The molecule has 2 nitrogen and oxygen atoms in total. The van der Waals surface area contributed by atoms with E-state index in [1.165, 1.54) is 6.26 Å². The quantitative estimate of drug-likeness (QED) is 0.568. The van der Waals surface area contributed by atoms with Crippen molar-refractivity contribution in [2.75, 3.05) is 4.90 Å². The van der Waals surface area contributed by atoms with Gasteiger partial charge in [-0.15, -0.1) is 0 Å². The average Bonchev–Trinajstić information content (AvgIpc) is 2.42. The molecule has 92 valence electrons. The lowest BCUT2D eigenvalue weighted by molar-refractivity contribution is 0.168. The van der Waals surface area contributed by atoms with Crippen LogP contribution in [-0.4, -0.2) is 6.23 Å². The largest absolute Gasteiger partial charge is 0.479 e. The van der Waals surface area contributed by atoms with Gasteiger partial charge in [0, 0.05) is 11.4 Å². The molecule has 0 aliphatic carbocycles. The highest BCUT2D eigenvalue weighted by Gasteiger charge is 2.16. The maximum atomic E-state index is 5.50. The van der Waals surface area contributed by atoms with Crippen LogP contribution in [0.25, 0.3) is 0 Å². The third-order valence-electron chi connectivity index (χ3n) is 2.73. The van der Waals surface area contributed by atoms with E-state index in [9.17, 15) is 0 Å². The van der Waals surface area contributed by atoms with Crippen LogP contribution in [0, 0.1) is 0 Å². The third kappa shape index (κ3) is 2.72. The molecular weight excluding hydrogens is 222 g/mol. The van der Waals surface area contributed by atoms with Crippen LogP contribution in [0.3, 0.4) is 0 Å². The molecule has 2 aromatic rings. The molecule has 2 heteroatoms. The summed E-state index contributed by atoms with van der Waals surface area (Å²) in [5, 5.41) is 0. The molecular formula is C16H17NO. The molecule has 2 aromatic carbocycles. The summed E-state index contributed by atoms with van der Waals surface area (Å²) in [5.74, 6) is 0. The van der Waals surface area contributed by atoms with Crippen molar-refractivity contribution in [3.63, 3.8) is 0 Å². The molecule has 1 atom stereocenters. The highest BCUT2D eigenvalue weighted by atomic mass is 16.5. The summed E-state index contributed by atoms with van der Waals surface area (Å²) in [6.07, 6.45) is 1.37. The number of anilines is 2. The van der Waals surface area contributed by atoms with Gasteiger partial charge in [0.15, 0.2) is 6.23 Å². The van der Waals surface area contributed by atoms with Crippen molar-refractivity contribution in [2.24, 2.45) is 0 Å². The van der Waals surface area contributed by atoms with Crippen LogP contribution in [-0.2, 0) is 4.74 Å². The molecule has 0 bridgehead atoms. The van der Waals surface area contributed by atoms with E-state index in [1.807, 2.05) is 43.3 Å². The summed E-state index contributed by atoms with van der Waals surface area (Å²) in [6, 6.07) is 20.4. The Kier molecular flexibility index (Phi) is 4.02. The zero-order valence-corrected chi connectivity index (χ0v) is 10.5. The molecule has 18 heavy (non-hydrogen) atoms. The SMILES string of the molecule is C=COC(C)N(c1ccccc1)c1ccccc1. The van der Waals surface area contributed by atoms with E-state index in [0.29, 0.717) is 0 Å². The van der Waals surface area contributed by atoms with Crippen LogP contribution in [0.1, 0.15) is 6.92 Å². The summed E-state index contributed by atoms with van der Waals surface area (Å²) in [6.45, 7) is 5.62. The zero-order chi connectivity index (χ0) is 12.8. The van der Waals surface area contributed by atoms with Gasteiger partial charge >= 0.3 is 0 Å². The van der Waals surface area contributed by atoms with E-state index >= 15 is 0 Å². The van der Waals surface area contributed by atoms with Gasteiger partial charge in [-0.25, -0.2) is 0 Å². The first-order valence-corrected chi connectivity index (χ1v) is 5.98. The highest BCUT2D eigenvalue weighted by molar-refractivity contribution is 5.63. The van der Waals surface area contributed by atoms with E-state index in [0.717, 1.165) is 11.4 Å². The minimum atomic E-state index is -0.104. The smallest absolute Gasteiger partial charge is 0.172 e. The van der Waals surface area contributed by atoms with Gasteiger partial charge in [0.05, 0.1) is 6.26 Å². The summed E-state index contributed by atoms with van der Waals surface area (Å²) < 4.78 is 5.50. The molecule has 0 N–H and O–H groups in total. The van der Waals surface area contributed by atoms with Crippen molar-refractivity contribution in [1.29, 1.82) is 0 Å². The van der Waals surface area contributed by atoms with Crippen molar-refractivity contribution < 1.29 is 4.74 Å². The maximum absolute atomic E-state index is 5.50. The highest BCUT2D eigenvalue weighted by Crippen LogP contribution is 2.27. The van der Waals surface area contributed by atoms with Crippen molar-refractivity contribution >= 4 is 11.4 Å². The van der Waals surface area contributed by atoms with Crippen LogP contribution in [0.2, 0.25) is 0 Å². The Hall–Kier alpha value is -2.22. The molecule has 0 saturated heterocycles. The minimum Gasteiger partial charge on any atom is -0.479 e. The summed E-state index contributed by atoms with van der Waals surface area (Å²) in [5.41, 5.74) is 2.19. The van der Waals surface area contributed by atoms with E-state index in [1.54, 1.807) is 0 Å². The van der Waals surface area contributed by atoms with Gasteiger partial charge in [-0.1, -0.05) is 43.0 Å². The van der Waals surface area contributed by atoms with Gasteiger partial charge < -0.3 is 9.64 Å². The molecule has 0 aromatic heterocycles. The van der Waals surface area contributed by atoms with Crippen molar-refractivity contribution in [3.05, 3.63) is 73.5 Å². The molecule has 0 saturated carbocycles. The Morgan fingerprint density at radius 1 is 0.944 bits per heavy atom. The molecule has 0 radical (unpaired) electrons. The van der Waals surface area contributed by atoms with Crippen LogP contribution < -0.4 is 4.90 Å². The number of nitrogens with zero attached hydrogens (tertiary/aromatic N) is 1. The topological polar surface area (TPSA) is 12.5 Å². The van der Waals surface area contributed by atoms with Gasteiger partial charge in [-0.05, 0) is 31.2 Å². The molecule has 0 heterocycles. The number of hydrogen-bond donors (Lipinski definition) is 0. The standard InChI is InChI=1S/C16H17NO/c1-3-18-14(2)17(15-10-6-4-7-11-15)16-12-8-5-9-13-16/h3-14H,1H2,2H3. The zero-order valence-electron chi connectivity index (χ0n) is 10.5. The molecule has 0 fully saturated rings. The Morgan fingerprint density at radius 2 is 1.39 bits per heavy atom. The van der Waals surface area contributed by atoms with E-state index in [2.05, 4.69) is 35.7 Å². The van der Waals surface area contributed by atoms with E-state index in [4.69, 9.17) is 4.74 Å². The van der Waals surface area contributed by atoms with Gasteiger partial charge in [0.2, 0.25) is 0 Å². The second-order valence-corrected chi connectivity index (χ2v) is 3.94. The normalized spacial score (nSPS) is 11.6. The van der Waals surface area contributed by atoms with Gasteiger partial charge in [0.25, 0.3) is 0 Å². The lowest BCUT2D eigenvalue weighted by Gasteiger charge is -2.30. The number of rotatable bonds is 5. The summed E-state index contributed by atoms with van der Waals surface area (Å²) in [7, 11) is 0. The minimum absolute atomic E-state index is 0.104. The Morgan fingerprint density at radius 3 is 1.78 bits per heavy atom. The van der Waals surface area contributed by atoms with Gasteiger partial charge in [-0.2, -0.15) is 0 Å². The second kappa shape index (κ2) is 5.92. The summed E-state index contributed by atoms with van der Waals surface area (Å²) in [4.78, 5) is 2.13. The number of hydrogen-bond acceptors (Lipinski definition) is 2. The molecule has 0 aliphatic heterocycles.